The lowest BCUT2D eigenvalue weighted by atomic mass is 10.1. The third kappa shape index (κ3) is 1.69. The van der Waals surface area contributed by atoms with E-state index in [0.29, 0.717) is 16.7 Å². The Morgan fingerprint density at radius 1 is 1.42 bits per heavy atom. The Morgan fingerprint density at radius 2 is 2.21 bits per heavy atom. The number of nitrogens with zero attached hydrogens (tertiary/aromatic N) is 2. The van der Waals surface area contributed by atoms with Crippen LogP contribution in [0.15, 0.2) is 34.9 Å². The molecule has 19 heavy (non-hydrogen) atoms. The van der Waals surface area contributed by atoms with Crippen LogP contribution in [0.2, 0.25) is 0 Å². The van der Waals surface area contributed by atoms with Crippen molar-refractivity contribution in [2.45, 2.75) is 0 Å². The van der Waals surface area contributed by atoms with Crippen molar-refractivity contribution in [1.29, 1.82) is 0 Å². The zero-order valence-corrected chi connectivity index (χ0v) is 9.92. The maximum Gasteiger partial charge on any atom is 0.356 e. The van der Waals surface area contributed by atoms with Gasteiger partial charge in [-0.15, -0.1) is 0 Å². The number of aromatic nitrogens is 2. The van der Waals surface area contributed by atoms with Gasteiger partial charge < -0.3 is 9.52 Å². The molecule has 1 N–H and O–H groups in total. The molecule has 0 saturated heterocycles. The molecule has 3 aromatic rings. The summed E-state index contributed by atoms with van der Waals surface area (Å²) >= 11 is 0. The van der Waals surface area contributed by atoms with Crippen LogP contribution in [-0.2, 0) is 7.05 Å². The summed E-state index contributed by atoms with van der Waals surface area (Å²) in [5, 5.41) is 13.1. The second kappa shape index (κ2) is 3.94. The lowest BCUT2D eigenvalue weighted by Gasteiger charge is -2.03. The predicted octanol–water partition coefficient (Wildman–Crippen LogP) is 2.67. The number of halogens is 1. The van der Waals surface area contributed by atoms with E-state index in [0.717, 1.165) is 0 Å². The van der Waals surface area contributed by atoms with Crippen molar-refractivity contribution in [2.24, 2.45) is 7.05 Å². The fraction of sp³-hybridized carbons (Fsp3) is 0.0769. The Hall–Kier alpha value is -2.63. The lowest BCUT2D eigenvalue weighted by Crippen LogP contribution is -1.99. The minimum atomic E-state index is -1.15. The Kier molecular flexibility index (Phi) is 2.38. The molecule has 0 aliphatic rings. The molecule has 0 bridgehead atoms. The number of carbonyl (C=O) groups is 1. The highest BCUT2D eigenvalue weighted by atomic mass is 19.1. The minimum absolute atomic E-state index is 0.121. The molecule has 0 aliphatic heterocycles. The van der Waals surface area contributed by atoms with Gasteiger partial charge in [0.25, 0.3) is 0 Å². The fourth-order valence-electron chi connectivity index (χ4n) is 2.03. The molecule has 1 aromatic carbocycles. The molecule has 6 heteroatoms. The Morgan fingerprint density at radius 3 is 2.89 bits per heavy atom. The smallest absolute Gasteiger partial charge is 0.356 e. The minimum Gasteiger partial charge on any atom is -0.476 e. The number of carboxylic acids is 1. The van der Waals surface area contributed by atoms with Crippen LogP contribution in [0.3, 0.4) is 0 Å². The highest BCUT2D eigenvalue weighted by molar-refractivity contribution is 5.88. The van der Waals surface area contributed by atoms with Crippen molar-refractivity contribution in [2.75, 3.05) is 0 Å². The summed E-state index contributed by atoms with van der Waals surface area (Å²) < 4.78 is 20.8. The molecular formula is C13H9FN2O3. The van der Waals surface area contributed by atoms with Crippen molar-refractivity contribution in [3.63, 3.8) is 0 Å². The summed E-state index contributed by atoms with van der Waals surface area (Å²) in [6, 6.07) is 6.06. The fourth-order valence-corrected chi connectivity index (χ4v) is 2.03. The second-order valence-corrected chi connectivity index (χ2v) is 4.10. The van der Waals surface area contributed by atoms with Crippen LogP contribution in [-0.4, -0.2) is 20.9 Å². The first-order chi connectivity index (χ1) is 9.08. The van der Waals surface area contributed by atoms with Crippen molar-refractivity contribution in [1.82, 2.24) is 9.78 Å². The van der Waals surface area contributed by atoms with E-state index in [1.165, 1.54) is 23.1 Å². The summed E-state index contributed by atoms with van der Waals surface area (Å²) in [6.45, 7) is 0. The van der Waals surface area contributed by atoms with Crippen LogP contribution >= 0.6 is 0 Å². The first-order valence-electron chi connectivity index (χ1n) is 5.51. The van der Waals surface area contributed by atoms with E-state index in [4.69, 9.17) is 9.52 Å². The van der Waals surface area contributed by atoms with Gasteiger partial charge in [0.05, 0.1) is 17.3 Å². The van der Waals surface area contributed by atoms with E-state index >= 15 is 0 Å². The van der Waals surface area contributed by atoms with Gasteiger partial charge in [-0.3, -0.25) is 4.68 Å². The molecular weight excluding hydrogens is 251 g/mol. The third-order valence-electron chi connectivity index (χ3n) is 2.94. The average Bonchev–Trinajstić information content (AvgIpc) is 2.97. The lowest BCUT2D eigenvalue weighted by molar-refractivity contribution is 0.0689. The standard InChI is InChI=1S/C13H9FN2O3/c1-16-10(6-9(15-16)13(17)18)7-2-3-11-8(12(7)14)4-5-19-11/h2-6H,1H3,(H,17,18). The number of benzene rings is 1. The van der Waals surface area contributed by atoms with Crippen LogP contribution < -0.4 is 0 Å². The zero-order valence-electron chi connectivity index (χ0n) is 9.92. The first-order valence-corrected chi connectivity index (χ1v) is 5.51. The van der Waals surface area contributed by atoms with Crippen molar-refractivity contribution in [3.05, 3.63) is 42.0 Å². The molecule has 2 heterocycles. The highest BCUT2D eigenvalue weighted by Crippen LogP contribution is 2.29. The van der Waals surface area contributed by atoms with E-state index in [1.807, 2.05) is 0 Å². The molecule has 3 rings (SSSR count). The number of fused-ring (bicyclic) bond motifs is 1. The molecule has 96 valence electrons. The van der Waals surface area contributed by atoms with E-state index in [9.17, 15) is 9.18 Å². The predicted molar refractivity (Wildman–Crippen MR) is 65.3 cm³/mol. The molecule has 0 saturated carbocycles. The molecule has 0 spiro atoms. The quantitative estimate of drug-likeness (QED) is 0.769. The number of aromatic carboxylic acids is 1. The zero-order chi connectivity index (χ0) is 13.6. The van der Waals surface area contributed by atoms with Crippen molar-refractivity contribution < 1.29 is 18.7 Å². The highest BCUT2D eigenvalue weighted by Gasteiger charge is 2.17. The summed E-state index contributed by atoms with van der Waals surface area (Å²) in [5.41, 5.74) is 1.01. The summed E-state index contributed by atoms with van der Waals surface area (Å²) in [7, 11) is 1.57. The molecule has 0 amide bonds. The summed E-state index contributed by atoms with van der Waals surface area (Å²) in [6.07, 6.45) is 1.41. The van der Waals surface area contributed by atoms with Crippen LogP contribution in [0.25, 0.3) is 22.2 Å². The molecule has 5 nitrogen and oxygen atoms in total. The van der Waals surface area contributed by atoms with Gasteiger partial charge in [0.15, 0.2) is 5.69 Å². The van der Waals surface area contributed by atoms with E-state index in [1.54, 1.807) is 19.2 Å². The van der Waals surface area contributed by atoms with Gasteiger partial charge in [-0.2, -0.15) is 5.10 Å². The van der Waals surface area contributed by atoms with Crippen molar-refractivity contribution in [3.8, 4) is 11.3 Å². The third-order valence-corrected chi connectivity index (χ3v) is 2.94. The molecule has 0 fully saturated rings. The van der Waals surface area contributed by atoms with Gasteiger partial charge in [-0.25, -0.2) is 9.18 Å². The number of carboxylic acid groups (broad SMARTS) is 1. The van der Waals surface area contributed by atoms with Crippen LogP contribution in [0.5, 0.6) is 0 Å². The van der Waals surface area contributed by atoms with Gasteiger partial charge in [0, 0.05) is 12.6 Å². The monoisotopic (exact) mass is 260 g/mol. The largest absolute Gasteiger partial charge is 0.476 e. The van der Waals surface area contributed by atoms with Gasteiger partial charge in [0.2, 0.25) is 0 Å². The van der Waals surface area contributed by atoms with Gasteiger partial charge in [-0.05, 0) is 24.3 Å². The van der Waals surface area contributed by atoms with E-state index in [-0.39, 0.29) is 11.3 Å². The van der Waals surface area contributed by atoms with Crippen LogP contribution in [0.4, 0.5) is 4.39 Å². The molecule has 0 radical (unpaired) electrons. The second-order valence-electron chi connectivity index (χ2n) is 4.10. The number of hydrogen-bond acceptors (Lipinski definition) is 3. The van der Waals surface area contributed by atoms with E-state index < -0.39 is 11.8 Å². The summed E-state index contributed by atoms with van der Waals surface area (Å²) in [5.74, 6) is -1.60. The first kappa shape index (κ1) is 11.5. The molecule has 0 unspecified atom stereocenters. The number of furan rings is 1. The van der Waals surface area contributed by atoms with Crippen LogP contribution in [0, 0.1) is 5.82 Å². The Bertz CT molecular complexity index is 788. The maximum absolute atomic E-state index is 14.3. The molecule has 0 atom stereocenters. The van der Waals surface area contributed by atoms with E-state index in [2.05, 4.69) is 5.10 Å². The summed E-state index contributed by atoms with van der Waals surface area (Å²) in [4.78, 5) is 10.9. The van der Waals surface area contributed by atoms with Gasteiger partial charge in [0.1, 0.15) is 11.4 Å². The normalized spacial score (nSPS) is 11.1. The molecule has 0 aliphatic carbocycles. The van der Waals surface area contributed by atoms with Gasteiger partial charge >= 0.3 is 5.97 Å². The SMILES string of the molecule is Cn1nc(C(=O)O)cc1-c1ccc2occc2c1F. The topological polar surface area (TPSA) is 68.3 Å². The average molecular weight is 260 g/mol. The Labute approximate surface area is 106 Å². The maximum atomic E-state index is 14.3. The van der Waals surface area contributed by atoms with Crippen molar-refractivity contribution >= 4 is 16.9 Å². The molecule has 2 aromatic heterocycles. The number of rotatable bonds is 2. The Balaban J connectivity index is 2.24. The van der Waals surface area contributed by atoms with Gasteiger partial charge in [-0.1, -0.05) is 0 Å². The van der Waals surface area contributed by atoms with Crippen LogP contribution in [0.1, 0.15) is 10.5 Å². The number of hydrogen-bond donors (Lipinski definition) is 1. The number of aryl methyl sites for hydroxylation is 1.